The van der Waals surface area contributed by atoms with Crippen LogP contribution in [0.25, 0.3) is 0 Å². The number of carbonyl (C=O) groups is 1. The quantitative estimate of drug-likeness (QED) is 0.398. The van der Waals surface area contributed by atoms with Crippen LogP contribution < -0.4 is 10.2 Å². The van der Waals surface area contributed by atoms with Gasteiger partial charge in [0, 0.05) is 5.56 Å². The molecule has 25 heavy (non-hydrogen) atoms. The molecule has 0 bridgehead atoms. The maximum atomic E-state index is 11.9. The second-order valence-corrected chi connectivity index (χ2v) is 5.90. The molecule has 2 aromatic carbocycles. The Bertz CT molecular complexity index is 669. The number of hydrogen-bond donors (Lipinski definition) is 1. The van der Waals surface area contributed by atoms with E-state index in [2.05, 4.69) is 17.5 Å². The lowest BCUT2D eigenvalue weighted by Gasteiger charge is -2.08. The lowest BCUT2D eigenvalue weighted by molar-refractivity contribution is -0.120. The van der Waals surface area contributed by atoms with Crippen molar-refractivity contribution in [1.82, 2.24) is 5.43 Å². The first kappa shape index (κ1) is 18.7. The van der Waals surface area contributed by atoms with Gasteiger partial charge in [0.25, 0.3) is 0 Å². The van der Waals surface area contributed by atoms with Crippen LogP contribution in [-0.2, 0) is 11.2 Å². The Morgan fingerprint density at radius 2 is 1.80 bits per heavy atom. The van der Waals surface area contributed by atoms with E-state index in [0.717, 1.165) is 23.3 Å². The summed E-state index contributed by atoms with van der Waals surface area (Å²) >= 11 is 0. The van der Waals surface area contributed by atoms with Gasteiger partial charge >= 0.3 is 0 Å². The standard InChI is InChI=1S/C21H26N2O2/c1-2-3-4-10-15-25-20-14-9-8-13-19(20)17-22-23-21(24)16-18-11-6-5-7-12-18/h5-9,11-14,17H,2-4,10,15-16H2,1H3,(H,23,24)/b22-17-. The normalized spacial score (nSPS) is 10.8. The van der Waals surface area contributed by atoms with Crippen LogP contribution in [-0.4, -0.2) is 18.7 Å². The van der Waals surface area contributed by atoms with E-state index >= 15 is 0 Å². The second kappa shape index (κ2) is 11.0. The number of hydrazone groups is 1. The number of rotatable bonds is 10. The fourth-order valence-electron chi connectivity index (χ4n) is 2.42. The van der Waals surface area contributed by atoms with E-state index in [0.29, 0.717) is 13.0 Å². The van der Waals surface area contributed by atoms with Gasteiger partial charge in [0.1, 0.15) is 5.75 Å². The summed E-state index contributed by atoms with van der Waals surface area (Å²) in [6, 6.07) is 17.3. The number of benzene rings is 2. The molecule has 0 atom stereocenters. The van der Waals surface area contributed by atoms with Crippen molar-refractivity contribution in [2.45, 2.75) is 39.0 Å². The number of nitrogens with one attached hydrogen (secondary N) is 1. The van der Waals surface area contributed by atoms with Crippen molar-refractivity contribution in [3.63, 3.8) is 0 Å². The fraction of sp³-hybridized carbons (Fsp3) is 0.333. The summed E-state index contributed by atoms with van der Waals surface area (Å²) in [6.07, 6.45) is 6.62. The number of hydrogen-bond acceptors (Lipinski definition) is 3. The molecular formula is C21H26N2O2. The van der Waals surface area contributed by atoms with E-state index in [1.165, 1.54) is 19.3 Å². The number of para-hydroxylation sites is 1. The van der Waals surface area contributed by atoms with E-state index in [1.54, 1.807) is 6.21 Å². The van der Waals surface area contributed by atoms with Gasteiger partial charge < -0.3 is 4.74 Å². The van der Waals surface area contributed by atoms with Crippen LogP contribution in [0.4, 0.5) is 0 Å². The molecule has 4 heteroatoms. The zero-order valence-electron chi connectivity index (χ0n) is 14.8. The van der Waals surface area contributed by atoms with E-state index in [1.807, 2.05) is 54.6 Å². The largest absolute Gasteiger partial charge is 0.493 e. The zero-order chi connectivity index (χ0) is 17.7. The molecule has 0 saturated heterocycles. The lowest BCUT2D eigenvalue weighted by Crippen LogP contribution is -2.19. The van der Waals surface area contributed by atoms with Gasteiger partial charge in [-0.05, 0) is 24.1 Å². The average molecular weight is 338 g/mol. The Balaban J connectivity index is 1.82. The van der Waals surface area contributed by atoms with Crippen LogP contribution in [0, 0.1) is 0 Å². The fourth-order valence-corrected chi connectivity index (χ4v) is 2.42. The summed E-state index contributed by atoms with van der Waals surface area (Å²) in [5.74, 6) is 0.653. The molecule has 2 rings (SSSR count). The third-order valence-electron chi connectivity index (χ3n) is 3.77. The molecule has 0 aliphatic rings. The molecule has 0 saturated carbocycles. The highest BCUT2D eigenvalue weighted by molar-refractivity contribution is 5.85. The minimum Gasteiger partial charge on any atom is -0.493 e. The zero-order valence-corrected chi connectivity index (χ0v) is 14.8. The predicted octanol–water partition coefficient (Wildman–Crippen LogP) is 4.34. The smallest absolute Gasteiger partial charge is 0.244 e. The van der Waals surface area contributed by atoms with Crippen LogP contribution in [0.1, 0.15) is 43.7 Å². The molecule has 4 nitrogen and oxygen atoms in total. The number of unbranched alkanes of at least 4 members (excludes halogenated alkanes) is 3. The summed E-state index contributed by atoms with van der Waals surface area (Å²) < 4.78 is 5.83. The van der Waals surface area contributed by atoms with Crippen LogP contribution in [0.3, 0.4) is 0 Å². The van der Waals surface area contributed by atoms with Gasteiger partial charge in [-0.1, -0.05) is 68.7 Å². The molecule has 0 unspecified atom stereocenters. The summed E-state index contributed by atoms with van der Waals surface area (Å²) in [4.78, 5) is 11.9. The maximum Gasteiger partial charge on any atom is 0.244 e. The van der Waals surface area contributed by atoms with Gasteiger partial charge in [-0.3, -0.25) is 4.79 Å². The molecule has 0 spiro atoms. The molecule has 132 valence electrons. The van der Waals surface area contributed by atoms with Crippen molar-refractivity contribution in [3.05, 3.63) is 65.7 Å². The van der Waals surface area contributed by atoms with Gasteiger partial charge in [-0.15, -0.1) is 0 Å². The molecule has 0 aliphatic heterocycles. The van der Waals surface area contributed by atoms with Crippen LogP contribution in [0.2, 0.25) is 0 Å². The molecular weight excluding hydrogens is 312 g/mol. The molecule has 0 radical (unpaired) electrons. The first-order valence-electron chi connectivity index (χ1n) is 8.87. The van der Waals surface area contributed by atoms with E-state index in [4.69, 9.17) is 4.74 Å². The van der Waals surface area contributed by atoms with Crippen molar-refractivity contribution in [2.75, 3.05) is 6.61 Å². The Morgan fingerprint density at radius 1 is 1.04 bits per heavy atom. The third-order valence-corrected chi connectivity index (χ3v) is 3.77. The van der Waals surface area contributed by atoms with Crippen molar-refractivity contribution in [1.29, 1.82) is 0 Å². The molecule has 1 amide bonds. The molecule has 0 aromatic heterocycles. The highest BCUT2D eigenvalue weighted by atomic mass is 16.5. The van der Waals surface area contributed by atoms with Gasteiger partial charge in [-0.25, -0.2) is 5.43 Å². The summed E-state index contributed by atoms with van der Waals surface area (Å²) in [6.45, 7) is 2.89. The lowest BCUT2D eigenvalue weighted by atomic mass is 10.1. The second-order valence-electron chi connectivity index (χ2n) is 5.90. The monoisotopic (exact) mass is 338 g/mol. The van der Waals surface area contributed by atoms with Gasteiger partial charge in [0.05, 0.1) is 19.2 Å². The van der Waals surface area contributed by atoms with E-state index in [-0.39, 0.29) is 5.91 Å². The minimum atomic E-state index is -0.139. The highest BCUT2D eigenvalue weighted by Gasteiger charge is 2.03. The van der Waals surface area contributed by atoms with Gasteiger partial charge in [-0.2, -0.15) is 5.10 Å². The SMILES string of the molecule is CCCCCCOc1ccccc1/C=N\NC(=O)Cc1ccccc1. The maximum absolute atomic E-state index is 11.9. The molecule has 0 heterocycles. The highest BCUT2D eigenvalue weighted by Crippen LogP contribution is 2.16. The van der Waals surface area contributed by atoms with E-state index in [9.17, 15) is 4.79 Å². The predicted molar refractivity (Wildman–Crippen MR) is 102 cm³/mol. The summed E-state index contributed by atoms with van der Waals surface area (Å²) in [7, 11) is 0. The molecule has 0 aliphatic carbocycles. The topological polar surface area (TPSA) is 50.7 Å². The van der Waals surface area contributed by atoms with Crippen molar-refractivity contribution < 1.29 is 9.53 Å². The Hall–Kier alpha value is -2.62. The van der Waals surface area contributed by atoms with Gasteiger partial charge in [0.2, 0.25) is 5.91 Å². The Kier molecular flexibility index (Phi) is 8.25. The molecule has 0 fully saturated rings. The van der Waals surface area contributed by atoms with Crippen molar-refractivity contribution in [3.8, 4) is 5.75 Å². The van der Waals surface area contributed by atoms with Crippen molar-refractivity contribution >= 4 is 12.1 Å². The first-order chi connectivity index (χ1) is 12.3. The molecule has 1 N–H and O–H groups in total. The number of nitrogens with zero attached hydrogens (tertiary/aromatic N) is 1. The third kappa shape index (κ3) is 7.21. The first-order valence-corrected chi connectivity index (χ1v) is 8.87. The van der Waals surface area contributed by atoms with Crippen molar-refractivity contribution in [2.24, 2.45) is 5.10 Å². The minimum absolute atomic E-state index is 0.139. The number of ether oxygens (including phenoxy) is 1. The summed E-state index contributed by atoms with van der Waals surface area (Å²) in [5.41, 5.74) is 4.39. The van der Waals surface area contributed by atoms with Gasteiger partial charge in [0.15, 0.2) is 0 Å². The van der Waals surface area contributed by atoms with Crippen LogP contribution >= 0.6 is 0 Å². The average Bonchev–Trinajstić information content (AvgIpc) is 2.63. The number of amides is 1. The van der Waals surface area contributed by atoms with E-state index < -0.39 is 0 Å². The van der Waals surface area contributed by atoms with Crippen LogP contribution in [0.15, 0.2) is 59.7 Å². The Labute approximate surface area is 149 Å². The Morgan fingerprint density at radius 3 is 2.60 bits per heavy atom. The van der Waals surface area contributed by atoms with Crippen LogP contribution in [0.5, 0.6) is 5.75 Å². The number of carbonyl (C=O) groups excluding carboxylic acids is 1. The molecule has 2 aromatic rings. The summed E-state index contributed by atoms with van der Waals surface area (Å²) in [5, 5.41) is 4.05.